The summed E-state index contributed by atoms with van der Waals surface area (Å²) < 4.78 is 0. The fraction of sp³-hybridized carbons (Fsp3) is 0.538. The first-order valence-corrected chi connectivity index (χ1v) is 5.92. The van der Waals surface area contributed by atoms with Gasteiger partial charge in [0.15, 0.2) is 5.78 Å². The van der Waals surface area contributed by atoms with Gasteiger partial charge in [0.1, 0.15) is 5.82 Å². The Bertz CT molecular complexity index is 412. The lowest BCUT2D eigenvalue weighted by molar-refractivity contribution is 0.0447. The van der Waals surface area contributed by atoms with Gasteiger partial charge in [-0.2, -0.15) is 0 Å². The molecule has 1 aliphatic rings. The Morgan fingerprint density at radius 3 is 2.82 bits per heavy atom. The van der Waals surface area contributed by atoms with Crippen molar-refractivity contribution in [2.75, 3.05) is 18.0 Å². The molecule has 2 heterocycles. The fourth-order valence-electron chi connectivity index (χ4n) is 2.20. The van der Waals surface area contributed by atoms with E-state index < -0.39 is 5.60 Å². The number of piperidine rings is 1. The smallest absolute Gasteiger partial charge is 0.161 e. The molecule has 1 saturated heterocycles. The molecule has 1 N–H and O–H groups in total. The molecule has 0 aromatic carbocycles. The highest BCUT2D eigenvalue weighted by molar-refractivity contribution is 5.93. The Balaban J connectivity index is 2.14. The maximum atomic E-state index is 11.1. The van der Waals surface area contributed by atoms with Crippen molar-refractivity contribution in [3.63, 3.8) is 0 Å². The number of Topliss-reactive ketones (excluding diaryl/α,β-unsaturated/α-hetero) is 1. The van der Waals surface area contributed by atoms with Gasteiger partial charge in [0.2, 0.25) is 0 Å². The first-order valence-electron chi connectivity index (χ1n) is 5.92. The predicted molar refractivity (Wildman–Crippen MR) is 66.3 cm³/mol. The van der Waals surface area contributed by atoms with Crippen LogP contribution in [0.5, 0.6) is 0 Å². The molecule has 4 heteroatoms. The molecular weight excluding hydrogens is 216 g/mol. The normalized spacial score (nSPS) is 24.8. The van der Waals surface area contributed by atoms with Crippen LogP contribution in [0.2, 0.25) is 0 Å². The summed E-state index contributed by atoms with van der Waals surface area (Å²) >= 11 is 0. The van der Waals surface area contributed by atoms with Crippen LogP contribution < -0.4 is 4.90 Å². The standard InChI is InChI=1S/C13H18N2O2/c1-10(16)11-4-5-12(14-8-11)15-7-3-6-13(2,17)9-15/h4-5,8,17H,3,6-7,9H2,1-2H3. The topological polar surface area (TPSA) is 53.4 Å². The molecule has 1 fully saturated rings. The first-order chi connectivity index (χ1) is 7.98. The van der Waals surface area contributed by atoms with Crippen LogP contribution in [0.3, 0.4) is 0 Å². The highest BCUT2D eigenvalue weighted by Gasteiger charge is 2.28. The highest BCUT2D eigenvalue weighted by Crippen LogP contribution is 2.24. The van der Waals surface area contributed by atoms with Crippen LogP contribution in [0.15, 0.2) is 18.3 Å². The van der Waals surface area contributed by atoms with Gasteiger partial charge < -0.3 is 10.0 Å². The van der Waals surface area contributed by atoms with Crippen LogP contribution in [0, 0.1) is 0 Å². The molecule has 0 spiro atoms. The molecule has 92 valence electrons. The maximum Gasteiger partial charge on any atom is 0.161 e. The molecule has 4 nitrogen and oxygen atoms in total. The van der Waals surface area contributed by atoms with E-state index in [1.54, 1.807) is 12.3 Å². The van der Waals surface area contributed by atoms with Crippen molar-refractivity contribution in [1.82, 2.24) is 4.98 Å². The largest absolute Gasteiger partial charge is 0.388 e. The zero-order chi connectivity index (χ0) is 12.5. The van der Waals surface area contributed by atoms with Crippen LogP contribution in [-0.2, 0) is 0 Å². The van der Waals surface area contributed by atoms with Gasteiger partial charge in [0, 0.05) is 24.8 Å². The number of rotatable bonds is 2. The number of carbonyl (C=O) groups is 1. The van der Waals surface area contributed by atoms with E-state index >= 15 is 0 Å². The molecule has 0 bridgehead atoms. The van der Waals surface area contributed by atoms with Crippen LogP contribution in [0.25, 0.3) is 0 Å². The van der Waals surface area contributed by atoms with E-state index in [1.807, 2.05) is 13.0 Å². The van der Waals surface area contributed by atoms with E-state index in [0.29, 0.717) is 12.1 Å². The average molecular weight is 234 g/mol. The Hall–Kier alpha value is -1.42. The Morgan fingerprint density at radius 2 is 2.29 bits per heavy atom. The number of pyridine rings is 1. The van der Waals surface area contributed by atoms with Crippen molar-refractivity contribution < 1.29 is 9.90 Å². The van der Waals surface area contributed by atoms with E-state index in [-0.39, 0.29) is 5.78 Å². The molecule has 1 aliphatic heterocycles. The number of carbonyl (C=O) groups excluding carboxylic acids is 1. The van der Waals surface area contributed by atoms with Gasteiger partial charge in [-0.3, -0.25) is 4.79 Å². The van der Waals surface area contributed by atoms with E-state index in [0.717, 1.165) is 25.2 Å². The van der Waals surface area contributed by atoms with Crippen molar-refractivity contribution in [2.45, 2.75) is 32.3 Å². The number of aliphatic hydroxyl groups is 1. The van der Waals surface area contributed by atoms with Crippen LogP contribution in [0.4, 0.5) is 5.82 Å². The maximum absolute atomic E-state index is 11.1. The molecule has 1 unspecified atom stereocenters. The number of β-amino-alcohol motifs (C(OH)–C–C–N with tert-alkyl or cyclic N) is 1. The summed E-state index contributed by atoms with van der Waals surface area (Å²) in [6.07, 6.45) is 3.39. The molecular formula is C13H18N2O2. The minimum absolute atomic E-state index is 0.0229. The predicted octanol–water partition coefficient (Wildman–Crippen LogP) is 1.64. The number of hydrogen-bond donors (Lipinski definition) is 1. The third kappa shape index (κ3) is 2.82. The Kier molecular flexibility index (Phi) is 3.15. The third-order valence-electron chi connectivity index (χ3n) is 3.15. The van der Waals surface area contributed by atoms with Crippen LogP contribution >= 0.6 is 0 Å². The number of aromatic nitrogens is 1. The van der Waals surface area contributed by atoms with Crippen molar-refractivity contribution in [3.8, 4) is 0 Å². The summed E-state index contributed by atoms with van der Waals surface area (Å²) in [7, 11) is 0. The van der Waals surface area contributed by atoms with E-state index in [1.165, 1.54) is 6.92 Å². The van der Waals surface area contributed by atoms with Crippen molar-refractivity contribution in [3.05, 3.63) is 23.9 Å². The molecule has 1 atom stereocenters. The fourth-order valence-corrected chi connectivity index (χ4v) is 2.20. The van der Waals surface area contributed by atoms with Crippen molar-refractivity contribution in [1.29, 1.82) is 0 Å². The Morgan fingerprint density at radius 1 is 1.53 bits per heavy atom. The van der Waals surface area contributed by atoms with Crippen molar-refractivity contribution in [2.24, 2.45) is 0 Å². The summed E-state index contributed by atoms with van der Waals surface area (Å²) in [6, 6.07) is 3.63. The summed E-state index contributed by atoms with van der Waals surface area (Å²) in [4.78, 5) is 17.5. The molecule has 0 aliphatic carbocycles. The quantitative estimate of drug-likeness (QED) is 0.790. The van der Waals surface area contributed by atoms with E-state index in [4.69, 9.17) is 0 Å². The van der Waals surface area contributed by atoms with Gasteiger partial charge >= 0.3 is 0 Å². The van der Waals surface area contributed by atoms with Crippen molar-refractivity contribution >= 4 is 11.6 Å². The number of ketones is 1. The SMILES string of the molecule is CC(=O)c1ccc(N2CCCC(C)(O)C2)nc1. The lowest BCUT2D eigenvalue weighted by atomic mass is 9.95. The molecule has 1 aromatic heterocycles. The second kappa shape index (κ2) is 4.45. The zero-order valence-electron chi connectivity index (χ0n) is 10.3. The third-order valence-corrected chi connectivity index (χ3v) is 3.15. The second-order valence-electron chi connectivity index (χ2n) is 4.98. The Labute approximate surface area is 101 Å². The lowest BCUT2D eigenvalue weighted by Crippen LogP contribution is -2.46. The zero-order valence-corrected chi connectivity index (χ0v) is 10.3. The van der Waals surface area contributed by atoms with Gasteiger partial charge in [-0.1, -0.05) is 0 Å². The van der Waals surface area contributed by atoms with Gasteiger partial charge in [-0.25, -0.2) is 4.98 Å². The van der Waals surface area contributed by atoms with Crippen LogP contribution in [-0.4, -0.2) is 34.6 Å². The minimum atomic E-state index is -0.640. The van der Waals surface area contributed by atoms with Gasteiger partial charge in [0.05, 0.1) is 5.60 Å². The summed E-state index contributed by atoms with van der Waals surface area (Å²) in [5.74, 6) is 0.852. The van der Waals surface area contributed by atoms with Gasteiger partial charge in [0.25, 0.3) is 0 Å². The summed E-state index contributed by atoms with van der Waals surface area (Å²) in [6.45, 7) is 4.88. The molecule has 0 radical (unpaired) electrons. The summed E-state index contributed by atoms with van der Waals surface area (Å²) in [5, 5.41) is 10.0. The number of nitrogens with zero attached hydrogens (tertiary/aromatic N) is 2. The molecule has 2 rings (SSSR count). The van der Waals surface area contributed by atoms with E-state index in [2.05, 4.69) is 9.88 Å². The monoisotopic (exact) mass is 234 g/mol. The molecule has 17 heavy (non-hydrogen) atoms. The lowest BCUT2D eigenvalue weighted by Gasteiger charge is -2.37. The van der Waals surface area contributed by atoms with Gasteiger partial charge in [-0.05, 0) is 38.8 Å². The van der Waals surface area contributed by atoms with E-state index in [9.17, 15) is 9.90 Å². The first kappa shape index (κ1) is 12.0. The molecule has 0 amide bonds. The number of anilines is 1. The highest BCUT2D eigenvalue weighted by atomic mass is 16.3. The summed E-state index contributed by atoms with van der Waals surface area (Å²) in [5.41, 5.74) is -0.0170. The van der Waals surface area contributed by atoms with Crippen LogP contribution in [0.1, 0.15) is 37.0 Å². The second-order valence-corrected chi connectivity index (χ2v) is 4.98. The minimum Gasteiger partial charge on any atom is -0.388 e. The average Bonchev–Trinajstić information content (AvgIpc) is 2.28. The molecule has 0 saturated carbocycles. The van der Waals surface area contributed by atoms with Gasteiger partial charge in [-0.15, -0.1) is 0 Å². The number of hydrogen-bond acceptors (Lipinski definition) is 4. The molecule has 1 aromatic rings.